The lowest BCUT2D eigenvalue weighted by molar-refractivity contribution is 0.214. The van der Waals surface area contributed by atoms with Gasteiger partial charge >= 0.3 is 0 Å². The van der Waals surface area contributed by atoms with Gasteiger partial charge in [0.15, 0.2) is 5.96 Å². The van der Waals surface area contributed by atoms with Gasteiger partial charge in [-0.25, -0.2) is 4.99 Å². The average Bonchev–Trinajstić information content (AvgIpc) is 2.69. The Labute approximate surface area is 162 Å². The summed E-state index contributed by atoms with van der Waals surface area (Å²) in [4.78, 5) is 9.59. The zero-order valence-corrected chi connectivity index (χ0v) is 16.3. The van der Waals surface area contributed by atoms with Crippen LogP contribution in [0.2, 0.25) is 0 Å². The number of phenolic OH excluding ortho intramolecular Hbond substituents is 1. The number of aromatic hydroxyl groups is 1. The first-order valence-electron chi connectivity index (χ1n) is 9.72. The molecule has 144 valence electrons. The summed E-state index contributed by atoms with van der Waals surface area (Å²) in [6.45, 7) is 6.05. The molecule has 1 heterocycles. The Bertz CT molecular complexity index is 739. The van der Waals surface area contributed by atoms with Crippen molar-refractivity contribution >= 4 is 11.6 Å². The maximum Gasteiger partial charge on any atom is 0.198 e. The fourth-order valence-corrected chi connectivity index (χ4v) is 3.20. The van der Waals surface area contributed by atoms with Crippen LogP contribution in [0, 0.1) is 0 Å². The Kier molecular flexibility index (Phi) is 6.71. The van der Waals surface area contributed by atoms with Crippen molar-refractivity contribution in [2.45, 2.75) is 25.8 Å². The van der Waals surface area contributed by atoms with Gasteiger partial charge in [-0.15, -0.1) is 0 Å². The summed E-state index contributed by atoms with van der Waals surface area (Å²) >= 11 is 0. The highest BCUT2D eigenvalue weighted by molar-refractivity contribution is 5.95. The molecule has 0 spiro atoms. The molecule has 0 aromatic heterocycles. The first-order chi connectivity index (χ1) is 13.1. The molecule has 0 amide bonds. The second-order valence-electron chi connectivity index (χ2n) is 7.26. The van der Waals surface area contributed by atoms with Gasteiger partial charge in [-0.3, -0.25) is 0 Å². The van der Waals surface area contributed by atoms with Crippen LogP contribution >= 0.6 is 0 Å². The van der Waals surface area contributed by atoms with Gasteiger partial charge in [0.1, 0.15) is 5.75 Å². The average molecular weight is 367 g/mol. The molecule has 2 N–H and O–H groups in total. The third kappa shape index (κ3) is 5.73. The highest BCUT2D eigenvalue weighted by Gasteiger charge is 2.19. The highest BCUT2D eigenvalue weighted by atomic mass is 16.3. The molecular formula is C22H30N4O. The van der Waals surface area contributed by atoms with Crippen LogP contribution < -0.4 is 5.32 Å². The number of nitrogens with zero attached hydrogens (tertiary/aromatic N) is 3. The van der Waals surface area contributed by atoms with E-state index in [2.05, 4.69) is 53.4 Å². The minimum Gasteiger partial charge on any atom is -0.506 e. The summed E-state index contributed by atoms with van der Waals surface area (Å²) in [5, 5.41) is 13.5. The number of benzene rings is 2. The minimum absolute atomic E-state index is 0.193. The van der Waals surface area contributed by atoms with Crippen molar-refractivity contribution in [3.8, 4) is 5.75 Å². The number of nitrogens with one attached hydrogen (secondary N) is 1. The molecular weight excluding hydrogens is 336 g/mol. The molecule has 0 radical (unpaired) electrons. The molecule has 0 bridgehead atoms. The number of piperazine rings is 1. The number of phenols is 1. The van der Waals surface area contributed by atoms with E-state index in [9.17, 15) is 5.11 Å². The summed E-state index contributed by atoms with van der Waals surface area (Å²) in [6, 6.07) is 18.1. The first-order valence-corrected chi connectivity index (χ1v) is 9.72. The van der Waals surface area contributed by atoms with Crippen molar-refractivity contribution in [1.82, 2.24) is 9.80 Å². The third-order valence-corrected chi connectivity index (χ3v) is 4.99. The van der Waals surface area contributed by atoms with E-state index in [0.29, 0.717) is 5.69 Å². The molecule has 1 unspecified atom stereocenters. The second-order valence-corrected chi connectivity index (χ2v) is 7.26. The summed E-state index contributed by atoms with van der Waals surface area (Å²) in [7, 11) is 2.15. The summed E-state index contributed by atoms with van der Waals surface area (Å²) in [5.41, 5.74) is 2.04. The molecule has 2 aromatic carbocycles. The van der Waals surface area contributed by atoms with E-state index in [1.165, 1.54) is 5.56 Å². The Morgan fingerprint density at radius 2 is 1.70 bits per heavy atom. The molecule has 0 aliphatic carbocycles. The molecule has 27 heavy (non-hydrogen) atoms. The van der Waals surface area contributed by atoms with Crippen LogP contribution in [0.5, 0.6) is 5.75 Å². The van der Waals surface area contributed by atoms with E-state index >= 15 is 0 Å². The standard InChI is InChI=1S/C22H30N4O/c1-18(12-13-19-8-4-3-5-9-19)23-22(26-16-14-25(2)15-17-26)24-20-10-6-7-11-21(20)27/h3-11,18,27H,12-17H2,1-2H3,(H,23,24). The van der Waals surface area contributed by atoms with Crippen molar-refractivity contribution < 1.29 is 5.11 Å². The van der Waals surface area contributed by atoms with Crippen molar-refractivity contribution in [2.24, 2.45) is 4.99 Å². The Morgan fingerprint density at radius 1 is 1.04 bits per heavy atom. The summed E-state index contributed by atoms with van der Waals surface area (Å²) < 4.78 is 0. The summed E-state index contributed by atoms with van der Waals surface area (Å²) in [6.07, 6.45) is 2.00. The van der Waals surface area contributed by atoms with Gasteiger partial charge in [0.05, 0.1) is 11.7 Å². The van der Waals surface area contributed by atoms with Crippen LogP contribution in [0.1, 0.15) is 18.9 Å². The van der Waals surface area contributed by atoms with Crippen LogP contribution in [-0.2, 0) is 6.42 Å². The van der Waals surface area contributed by atoms with E-state index in [1.54, 1.807) is 6.07 Å². The Hall–Kier alpha value is -2.53. The topological polar surface area (TPSA) is 51.1 Å². The lowest BCUT2D eigenvalue weighted by Crippen LogP contribution is -2.49. The zero-order valence-electron chi connectivity index (χ0n) is 16.3. The number of anilines is 1. The molecule has 0 saturated carbocycles. The fourth-order valence-electron chi connectivity index (χ4n) is 3.20. The van der Waals surface area contributed by atoms with Gasteiger partial charge in [-0.2, -0.15) is 0 Å². The van der Waals surface area contributed by atoms with E-state index in [0.717, 1.165) is 45.0 Å². The molecule has 1 aliphatic heterocycles. The fraction of sp³-hybridized carbons (Fsp3) is 0.409. The predicted octanol–water partition coefficient (Wildman–Crippen LogP) is 3.43. The van der Waals surface area contributed by atoms with E-state index in [-0.39, 0.29) is 11.8 Å². The van der Waals surface area contributed by atoms with Crippen LogP contribution in [-0.4, -0.2) is 60.1 Å². The molecule has 5 heteroatoms. The normalized spacial score (nSPS) is 17.0. The van der Waals surface area contributed by atoms with Crippen LogP contribution in [0.3, 0.4) is 0 Å². The Morgan fingerprint density at radius 3 is 2.41 bits per heavy atom. The predicted molar refractivity (Wildman–Crippen MR) is 112 cm³/mol. The van der Waals surface area contributed by atoms with Gasteiger partial charge in [0, 0.05) is 26.2 Å². The lowest BCUT2D eigenvalue weighted by Gasteiger charge is -2.35. The number of aliphatic imine (C=N–C) groups is 1. The number of likely N-dealkylation sites (N-methyl/N-ethyl adjacent to an activating group) is 1. The molecule has 5 nitrogen and oxygen atoms in total. The Balaban J connectivity index is 1.71. The highest BCUT2D eigenvalue weighted by Crippen LogP contribution is 2.22. The van der Waals surface area contributed by atoms with Crippen molar-refractivity contribution in [3.05, 3.63) is 60.2 Å². The van der Waals surface area contributed by atoms with E-state index < -0.39 is 0 Å². The van der Waals surface area contributed by atoms with Gasteiger partial charge < -0.3 is 20.2 Å². The quantitative estimate of drug-likeness (QED) is 0.484. The largest absolute Gasteiger partial charge is 0.506 e. The third-order valence-electron chi connectivity index (χ3n) is 4.99. The summed E-state index contributed by atoms with van der Waals surface area (Å²) in [5.74, 6) is 1.10. The number of hydrogen-bond donors (Lipinski definition) is 2. The first kappa shape index (κ1) is 19.2. The van der Waals surface area contributed by atoms with Crippen LogP contribution in [0.25, 0.3) is 0 Å². The zero-order chi connectivity index (χ0) is 19.1. The number of guanidine groups is 1. The maximum absolute atomic E-state index is 10.1. The van der Waals surface area contributed by atoms with Crippen molar-refractivity contribution in [3.63, 3.8) is 0 Å². The van der Waals surface area contributed by atoms with Crippen LogP contribution in [0.4, 0.5) is 5.69 Å². The minimum atomic E-state index is 0.193. The molecule has 3 rings (SSSR count). The lowest BCUT2D eigenvalue weighted by atomic mass is 10.1. The molecule has 2 aromatic rings. The van der Waals surface area contributed by atoms with Crippen LogP contribution in [0.15, 0.2) is 59.6 Å². The maximum atomic E-state index is 10.1. The number of hydrogen-bond acceptors (Lipinski definition) is 3. The molecule has 1 aliphatic rings. The molecule has 1 atom stereocenters. The number of para-hydroxylation sites is 2. The molecule has 1 saturated heterocycles. The van der Waals surface area contributed by atoms with E-state index in [1.807, 2.05) is 24.3 Å². The second kappa shape index (κ2) is 9.42. The number of rotatable bonds is 5. The van der Waals surface area contributed by atoms with Gasteiger partial charge in [-0.05, 0) is 44.5 Å². The smallest absolute Gasteiger partial charge is 0.198 e. The van der Waals surface area contributed by atoms with Gasteiger partial charge in [0.25, 0.3) is 0 Å². The van der Waals surface area contributed by atoms with Gasteiger partial charge in [-0.1, -0.05) is 42.5 Å². The van der Waals surface area contributed by atoms with Gasteiger partial charge in [0.2, 0.25) is 0 Å². The van der Waals surface area contributed by atoms with E-state index in [4.69, 9.17) is 4.99 Å². The van der Waals surface area contributed by atoms with Crippen molar-refractivity contribution in [1.29, 1.82) is 0 Å². The molecule has 1 fully saturated rings. The SMILES string of the molecule is CC(CCc1ccccc1)N=C(Nc1ccccc1O)N1CCN(C)CC1. The van der Waals surface area contributed by atoms with Crippen molar-refractivity contribution in [2.75, 3.05) is 38.5 Å². The monoisotopic (exact) mass is 366 g/mol. The number of aryl methyl sites for hydroxylation is 1.